The molecule has 0 spiro atoms. The van der Waals surface area contributed by atoms with Gasteiger partial charge in [0, 0.05) is 5.03 Å². The summed E-state index contributed by atoms with van der Waals surface area (Å²) in [5, 5.41) is 2.00. The Labute approximate surface area is 140 Å². The van der Waals surface area contributed by atoms with Crippen LogP contribution in [0, 0.1) is 5.92 Å². The van der Waals surface area contributed by atoms with E-state index in [2.05, 4.69) is 0 Å². The van der Waals surface area contributed by atoms with Gasteiger partial charge in [0.2, 0.25) is 0 Å². The van der Waals surface area contributed by atoms with Crippen molar-refractivity contribution in [1.82, 2.24) is 5.06 Å². The number of nitrogens with zero attached hydrogens (tertiary/aromatic N) is 1. The molecule has 1 aromatic carbocycles. The number of amides is 1. The lowest BCUT2D eigenvalue weighted by molar-refractivity contribution is -0.187. The molecule has 0 aromatic heterocycles. The first-order chi connectivity index (χ1) is 11.1. The van der Waals surface area contributed by atoms with Gasteiger partial charge in [0.25, 0.3) is 5.91 Å². The molecule has 2 aliphatic rings. The van der Waals surface area contributed by atoms with E-state index < -0.39 is 0 Å². The number of carbonyl (C=O) groups is 2. The zero-order valence-electron chi connectivity index (χ0n) is 12.7. The lowest BCUT2D eigenvalue weighted by Crippen LogP contribution is -2.36. The molecule has 5 heteroatoms. The highest BCUT2D eigenvalue weighted by Gasteiger charge is 2.37. The first kappa shape index (κ1) is 15.8. The Bertz CT molecular complexity index is 653. The third-order valence-corrected chi connectivity index (χ3v) is 4.38. The van der Waals surface area contributed by atoms with E-state index in [-0.39, 0.29) is 36.7 Å². The number of rotatable bonds is 4. The molecule has 1 aliphatic heterocycles. The number of carbonyl (C=O) groups excluding carboxylic acids is 2. The van der Waals surface area contributed by atoms with E-state index in [0.29, 0.717) is 6.42 Å². The SMILES string of the molecule is O=C1CC(CC2C=CC(Cl)=CC2)N(C(=O)Cc2ccccc2)O1. The fraction of sp³-hybridized carbons (Fsp3) is 0.333. The smallest absolute Gasteiger partial charge is 0.334 e. The molecule has 1 heterocycles. The number of hydrogen-bond donors (Lipinski definition) is 0. The second-order valence-corrected chi connectivity index (χ2v) is 6.32. The molecular weight excluding hydrogens is 314 g/mol. The summed E-state index contributed by atoms with van der Waals surface area (Å²) >= 11 is 5.92. The largest absolute Gasteiger partial charge is 0.338 e. The van der Waals surface area contributed by atoms with Crippen LogP contribution < -0.4 is 0 Å². The van der Waals surface area contributed by atoms with E-state index in [4.69, 9.17) is 16.4 Å². The lowest BCUT2D eigenvalue weighted by atomic mass is 9.92. The number of hydrogen-bond acceptors (Lipinski definition) is 3. The molecule has 2 atom stereocenters. The third-order valence-electron chi connectivity index (χ3n) is 4.10. The first-order valence-corrected chi connectivity index (χ1v) is 8.10. The third kappa shape index (κ3) is 4.02. The minimum atomic E-state index is -0.343. The molecule has 0 saturated carbocycles. The molecule has 1 aromatic rings. The summed E-state index contributed by atoms with van der Waals surface area (Å²) < 4.78 is 0. The minimum absolute atomic E-state index is 0.180. The first-order valence-electron chi connectivity index (χ1n) is 7.72. The molecule has 1 fully saturated rings. The van der Waals surface area contributed by atoms with Crippen LogP contribution in [0.15, 0.2) is 53.6 Å². The summed E-state index contributed by atoms with van der Waals surface area (Å²) in [5.74, 6) is -0.255. The summed E-state index contributed by atoms with van der Waals surface area (Å²) in [6.45, 7) is 0. The molecule has 4 nitrogen and oxygen atoms in total. The lowest BCUT2D eigenvalue weighted by Gasteiger charge is -2.24. The Morgan fingerprint density at radius 1 is 1.30 bits per heavy atom. The minimum Gasteiger partial charge on any atom is -0.338 e. The van der Waals surface area contributed by atoms with Crippen molar-refractivity contribution >= 4 is 23.5 Å². The average molecular weight is 332 g/mol. The predicted octanol–water partition coefficient (Wildman–Crippen LogP) is 3.38. The summed E-state index contributed by atoms with van der Waals surface area (Å²) in [6, 6.07) is 9.25. The van der Waals surface area contributed by atoms with Gasteiger partial charge in [0.15, 0.2) is 0 Å². The Hall–Kier alpha value is -2.07. The van der Waals surface area contributed by atoms with Crippen molar-refractivity contribution in [3.05, 3.63) is 59.2 Å². The highest BCUT2D eigenvalue weighted by Crippen LogP contribution is 2.29. The Balaban J connectivity index is 1.64. The Kier molecular flexibility index (Phi) is 4.82. The molecule has 0 radical (unpaired) electrons. The second kappa shape index (κ2) is 7.01. The Morgan fingerprint density at radius 2 is 2.09 bits per heavy atom. The van der Waals surface area contributed by atoms with Gasteiger partial charge in [-0.3, -0.25) is 4.79 Å². The van der Waals surface area contributed by atoms with Crippen molar-refractivity contribution < 1.29 is 14.4 Å². The number of halogens is 1. The maximum absolute atomic E-state index is 12.5. The van der Waals surface area contributed by atoms with Crippen LogP contribution in [0.3, 0.4) is 0 Å². The van der Waals surface area contributed by atoms with Crippen molar-refractivity contribution in [2.45, 2.75) is 31.7 Å². The van der Waals surface area contributed by atoms with E-state index in [1.807, 2.05) is 48.6 Å². The number of benzene rings is 1. The molecule has 0 bridgehead atoms. The highest BCUT2D eigenvalue weighted by molar-refractivity contribution is 6.31. The van der Waals surface area contributed by atoms with Crippen LogP contribution in [0.4, 0.5) is 0 Å². The zero-order chi connectivity index (χ0) is 16.2. The van der Waals surface area contributed by atoms with Crippen LogP contribution in [-0.2, 0) is 20.8 Å². The monoisotopic (exact) mass is 331 g/mol. The van der Waals surface area contributed by atoms with Gasteiger partial charge in [-0.05, 0) is 30.4 Å². The second-order valence-electron chi connectivity index (χ2n) is 5.88. The quantitative estimate of drug-likeness (QED) is 0.849. The predicted molar refractivity (Wildman–Crippen MR) is 87.3 cm³/mol. The van der Waals surface area contributed by atoms with Gasteiger partial charge in [0.05, 0.1) is 18.9 Å². The van der Waals surface area contributed by atoms with Gasteiger partial charge in [0.1, 0.15) is 0 Å². The molecule has 1 aliphatic carbocycles. The number of allylic oxidation sites excluding steroid dienone is 4. The molecule has 1 amide bonds. The topological polar surface area (TPSA) is 46.6 Å². The van der Waals surface area contributed by atoms with Gasteiger partial charge in [-0.25, -0.2) is 4.79 Å². The standard InChI is InChI=1S/C18H18ClNO3/c19-15-8-6-14(7-9-15)10-16-12-18(22)23-20(16)17(21)11-13-4-2-1-3-5-13/h1-6,8-9,14,16H,7,10-12H2. The average Bonchev–Trinajstić information content (AvgIpc) is 2.91. The highest BCUT2D eigenvalue weighted by atomic mass is 35.5. The van der Waals surface area contributed by atoms with Gasteiger partial charge < -0.3 is 4.84 Å². The van der Waals surface area contributed by atoms with Crippen molar-refractivity contribution in [1.29, 1.82) is 0 Å². The van der Waals surface area contributed by atoms with Crippen LogP contribution >= 0.6 is 11.6 Å². The van der Waals surface area contributed by atoms with E-state index in [1.165, 1.54) is 5.06 Å². The normalized spacial score (nSPS) is 23.6. The van der Waals surface area contributed by atoms with Gasteiger partial charge in [-0.1, -0.05) is 54.1 Å². The van der Waals surface area contributed by atoms with Crippen LogP contribution in [0.2, 0.25) is 0 Å². The molecule has 23 heavy (non-hydrogen) atoms. The van der Waals surface area contributed by atoms with Crippen LogP contribution in [0.5, 0.6) is 0 Å². The van der Waals surface area contributed by atoms with E-state index in [0.717, 1.165) is 17.0 Å². The van der Waals surface area contributed by atoms with Gasteiger partial charge >= 0.3 is 5.97 Å². The van der Waals surface area contributed by atoms with Crippen molar-refractivity contribution in [2.24, 2.45) is 5.92 Å². The summed E-state index contributed by atoms with van der Waals surface area (Å²) in [4.78, 5) is 29.3. The number of hydroxylamine groups is 2. The molecule has 2 unspecified atom stereocenters. The van der Waals surface area contributed by atoms with Gasteiger partial charge in [-0.15, -0.1) is 0 Å². The van der Waals surface area contributed by atoms with Crippen molar-refractivity contribution in [2.75, 3.05) is 0 Å². The van der Waals surface area contributed by atoms with Crippen molar-refractivity contribution in [3.8, 4) is 0 Å². The summed E-state index contributed by atoms with van der Waals surface area (Å²) in [6.07, 6.45) is 7.86. The summed E-state index contributed by atoms with van der Waals surface area (Å²) in [7, 11) is 0. The fourth-order valence-electron chi connectivity index (χ4n) is 2.94. The summed E-state index contributed by atoms with van der Waals surface area (Å²) in [5.41, 5.74) is 0.909. The molecule has 1 saturated heterocycles. The molecular formula is C18H18ClNO3. The van der Waals surface area contributed by atoms with Crippen LogP contribution in [0.25, 0.3) is 0 Å². The maximum Gasteiger partial charge on any atom is 0.334 e. The zero-order valence-corrected chi connectivity index (χ0v) is 13.4. The van der Waals surface area contributed by atoms with E-state index in [1.54, 1.807) is 0 Å². The van der Waals surface area contributed by atoms with Crippen LogP contribution in [-0.4, -0.2) is 23.0 Å². The Morgan fingerprint density at radius 3 is 2.78 bits per heavy atom. The molecule has 120 valence electrons. The molecule has 3 rings (SSSR count). The van der Waals surface area contributed by atoms with E-state index in [9.17, 15) is 9.59 Å². The van der Waals surface area contributed by atoms with E-state index >= 15 is 0 Å². The molecule has 0 N–H and O–H groups in total. The van der Waals surface area contributed by atoms with Crippen molar-refractivity contribution in [3.63, 3.8) is 0 Å². The van der Waals surface area contributed by atoms with Crippen LogP contribution in [0.1, 0.15) is 24.8 Å². The maximum atomic E-state index is 12.5. The fourth-order valence-corrected chi connectivity index (χ4v) is 3.10. The van der Waals surface area contributed by atoms with Gasteiger partial charge in [-0.2, -0.15) is 5.06 Å².